The lowest BCUT2D eigenvalue weighted by Crippen LogP contribution is -2.43. The van der Waals surface area contributed by atoms with Crippen molar-refractivity contribution < 1.29 is 9.53 Å². The number of hydrogen-bond acceptors (Lipinski definition) is 6. The van der Waals surface area contributed by atoms with Gasteiger partial charge in [0, 0.05) is 37.1 Å². The number of nitrogens with zero attached hydrogens (tertiary/aromatic N) is 2. The maximum Gasteiger partial charge on any atom is 0.226 e. The minimum absolute atomic E-state index is 0.0343. The van der Waals surface area contributed by atoms with E-state index in [4.69, 9.17) is 4.74 Å². The first-order valence-electron chi connectivity index (χ1n) is 7.45. The highest BCUT2D eigenvalue weighted by atomic mass is 32.2. The molecule has 1 aliphatic heterocycles. The van der Waals surface area contributed by atoms with Gasteiger partial charge >= 0.3 is 0 Å². The third-order valence-corrected chi connectivity index (χ3v) is 4.18. The molecule has 1 atom stereocenters. The maximum absolute atomic E-state index is 12.1. The Hall–Kier alpha value is -1.96. The molecule has 2 N–H and O–H groups in total. The average molecular weight is 330 g/mol. The average Bonchev–Trinajstić information content (AvgIpc) is 2.57. The van der Waals surface area contributed by atoms with Gasteiger partial charge in [-0.1, -0.05) is 17.8 Å². The van der Waals surface area contributed by atoms with Crippen molar-refractivity contribution in [3.63, 3.8) is 0 Å². The molecular formula is C16H18N4O2S. The summed E-state index contributed by atoms with van der Waals surface area (Å²) in [6, 6.07) is 9.43. The summed E-state index contributed by atoms with van der Waals surface area (Å²) in [6.07, 6.45) is 3.82. The number of aromatic nitrogens is 2. The van der Waals surface area contributed by atoms with Crippen LogP contribution >= 0.6 is 11.8 Å². The number of ether oxygens (including phenoxy) is 1. The van der Waals surface area contributed by atoms with Gasteiger partial charge in [0.25, 0.3) is 0 Å². The van der Waals surface area contributed by atoms with E-state index in [0.717, 1.165) is 22.3 Å². The van der Waals surface area contributed by atoms with Gasteiger partial charge in [-0.3, -0.25) is 4.79 Å². The number of amides is 1. The van der Waals surface area contributed by atoms with Crippen LogP contribution in [0.5, 0.6) is 0 Å². The van der Waals surface area contributed by atoms with Crippen LogP contribution in [0.25, 0.3) is 0 Å². The molecule has 1 unspecified atom stereocenters. The lowest BCUT2D eigenvalue weighted by atomic mass is 10.2. The molecule has 1 aliphatic rings. The van der Waals surface area contributed by atoms with Crippen molar-refractivity contribution in [2.45, 2.75) is 22.5 Å². The molecule has 1 amide bonds. The first-order chi connectivity index (χ1) is 11.3. The molecular weight excluding hydrogens is 312 g/mol. The Bertz CT molecular complexity index is 648. The second-order valence-corrected chi connectivity index (χ2v) is 6.17. The third kappa shape index (κ3) is 5.02. The van der Waals surface area contributed by atoms with Gasteiger partial charge in [0.1, 0.15) is 10.1 Å². The summed E-state index contributed by atoms with van der Waals surface area (Å²) >= 11 is 1.46. The fourth-order valence-corrected chi connectivity index (χ4v) is 3.02. The number of carbonyl (C=O) groups is 1. The van der Waals surface area contributed by atoms with Crippen LogP contribution < -0.4 is 10.6 Å². The molecule has 3 rings (SSSR count). The van der Waals surface area contributed by atoms with Gasteiger partial charge in [-0.15, -0.1) is 0 Å². The van der Waals surface area contributed by atoms with Gasteiger partial charge in [0.05, 0.1) is 13.2 Å². The summed E-state index contributed by atoms with van der Waals surface area (Å²) in [4.78, 5) is 20.7. The molecule has 7 heteroatoms. The summed E-state index contributed by atoms with van der Waals surface area (Å²) in [7, 11) is 0. The lowest BCUT2D eigenvalue weighted by molar-refractivity contribution is -0.117. The zero-order valence-corrected chi connectivity index (χ0v) is 13.4. The van der Waals surface area contributed by atoms with Crippen molar-refractivity contribution in [1.82, 2.24) is 15.3 Å². The van der Waals surface area contributed by atoms with E-state index < -0.39 is 0 Å². The van der Waals surface area contributed by atoms with E-state index in [1.54, 1.807) is 18.5 Å². The Labute approximate surface area is 139 Å². The smallest absolute Gasteiger partial charge is 0.226 e. The van der Waals surface area contributed by atoms with Gasteiger partial charge in [0.2, 0.25) is 5.91 Å². The Balaban J connectivity index is 1.57. The van der Waals surface area contributed by atoms with E-state index in [2.05, 4.69) is 20.6 Å². The van der Waals surface area contributed by atoms with Gasteiger partial charge in [0.15, 0.2) is 0 Å². The number of nitrogens with one attached hydrogen (secondary N) is 2. The molecule has 0 radical (unpaired) electrons. The molecule has 1 fully saturated rings. The first-order valence-corrected chi connectivity index (χ1v) is 8.27. The molecule has 2 aromatic heterocycles. The van der Waals surface area contributed by atoms with E-state index in [1.165, 1.54) is 11.8 Å². The van der Waals surface area contributed by atoms with Crippen LogP contribution in [0.4, 0.5) is 5.69 Å². The minimum Gasteiger partial charge on any atom is -0.378 e. The number of rotatable bonds is 5. The summed E-state index contributed by atoms with van der Waals surface area (Å²) in [6.45, 7) is 2.07. The standard InChI is InChI=1S/C16H18N4O2S/c21-14(9-13-11-22-8-7-17-13)20-12-4-6-19-16(10-12)23-15-3-1-2-5-18-15/h1-6,10,13,17H,7-9,11H2,(H,19,20,21). The van der Waals surface area contributed by atoms with Gasteiger partial charge in [-0.2, -0.15) is 0 Å². The summed E-state index contributed by atoms with van der Waals surface area (Å²) in [5, 5.41) is 7.84. The molecule has 6 nitrogen and oxygen atoms in total. The zero-order chi connectivity index (χ0) is 15.9. The summed E-state index contributed by atoms with van der Waals surface area (Å²) in [5.74, 6) is -0.0343. The molecule has 120 valence electrons. The zero-order valence-electron chi connectivity index (χ0n) is 12.6. The molecule has 0 aromatic carbocycles. The SMILES string of the molecule is O=C(CC1COCCN1)Nc1ccnc(Sc2ccccn2)c1. The quantitative estimate of drug-likeness (QED) is 0.873. The van der Waals surface area contributed by atoms with Crippen molar-refractivity contribution in [3.05, 3.63) is 42.7 Å². The molecule has 0 aliphatic carbocycles. The Morgan fingerprint density at radius 2 is 2.22 bits per heavy atom. The highest BCUT2D eigenvalue weighted by Gasteiger charge is 2.17. The minimum atomic E-state index is -0.0343. The summed E-state index contributed by atoms with van der Waals surface area (Å²) < 4.78 is 5.36. The Kier molecular flexibility index (Phi) is 5.57. The molecule has 0 spiro atoms. The monoisotopic (exact) mass is 330 g/mol. The number of morpholine rings is 1. The fraction of sp³-hybridized carbons (Fsp3) is 0.312. The van der Waals surface area contributed by atoms with Crippen LogP contribution in [0.2, 0.25) is 0 Å². The van der Waals surface area contributed by atoms with E-state index in [1.807, 2.05) is 24.3 Å². The van der Waals surface area contributed by atoms with E-state index in [0.29, 0.717) is 19.6 Å². The second-order valence-electron chi connectivity index (χ2n) is 5.13. The largest absolute Gasteiger partial charge is 0.378 e. The topological polar surface area (TPSA) is 76.1 Å². The van der Waals surface area contributed by atoms with E-state index in [9.17, 15) is 4.79 Å². The van der Waals surface area contributed by atoms with Gasteiger partial charge in [-0.05, 0) is 24.3 Å². The van der Waals surface area contributed by atoms with Crippen LogP contribution in [0, 0.1) is 0 Å². The fourth-order valence-electron chi connectivity index (χ4n) is 2.24. The van der Waals surface area contributed by atoms with Gasteiger partial charge in [-0.25, -0.2) is 9.97 Å². The van der Waals surface area contributed by atoms with Crippen molar-refractivity contribution in [2.75, 3.05) is 25.1 Å². The maximum atomic E-state index is 12.1. The van der Waals surface area contributed by atoms with Crippen LogP contribution in [-0.2, 0) is 9.53 Å². The third-order valence-electron chi connectivity index (χ3n) is 3.30. The Morgan fingerprint density at radius 3 is 3.00 bits per heavy atom. The molecule has 0 saturated carbocycles. The molecule has 3 heterocycles. The number of anilines is 1. The van der Waals surface area contributed by atoms with Crippen molar-refractivity contribution >= 4 is 23.4 Å². The van der Waals surface area contributed by atoms with Crippen LogP contribution in [0.3, 0.4) is 0 Å². The molecule has 23 heavy (non-hydrogen) atoms. The summed E-state index contributed by atoms with van der Waals surface area (Å²) in [5.41, 5.74) is 0.736. The normalized spacial score (nSPS) is 17.7. The van der Waals surface area contributed by atoms with Crippen LogP contribution in [0.15, 0.2) is 52.8 Å². The van der Waals surface area contributed by atoms with E-state index in [-0.39, 0.29) is 11.9 Å². The van der Waals surface area contributed by atoms with Crippen molar-refractivity contribution in [2.24, 2.45) is 0 Å². The number of hydrogen-bond donors (Lipinski definition) is 2. The molecule has 1 saturated heterocycles. The predicted octanol–water partition coefficient (Wildman–Crippen LogP) is 1.94. The lowest BCUT2D eigenvalue weighted by Gasteiger charge is -2.23. The molecule has 2 aromatic rings. The van der Waals surface area contributed by atoms with Crippen molar-refractivity contribution in [3.8, 4) is 0 Å². The second kappa shape index (κ2) is 8.05. The highest BCUT2D eigenvalue weighted by molar-refractivity contribution is 7.99. The predicted molar refractivity (Wildman–Crippen MR) is 88.5 cm³/mol. The van der Waals surface area contributed by atoms with E-state index >= 15 is 0 Å². The van der Waals surface area contributed by atoms with Crippen LogP contribution in [0.1, 0.15) is 6.42 Å². The van der Waals surface area contributed by atoms with Crippen molar-refractivity contribution in [1.29, 1.82) is 0 Å². The number of carbonyl (C=O) groups excluding carboxylic acids is 1. The number of pyridine rings is 2. The molecule has 0 bridgehead atoms. The Morgan fingerprint density at radius 1 is 1.30 bits per heavy atom. The van der Waals surface area contributed by atoms with Gasteiger partial charge < -0.3 is 15.4 Å². The first kappa shape index (κ1) is 15.9. The van der Waals surface area contributed by atoms with Crippen LogP contribution in [-0.4, -0.2) is 41.7 Å². The highest BCUT2D eigenvalue weighted by Crippen LogP contribution is 2.25.